The Labute approximate surface area is 276 Å². The second-order valence-electron chi connectivity index (χ2n) is 11.1. The molecule has 0 radical (unpaired) electrons. The van der Waals surface area contributed by atoms with E-state index in [9.17, 15) is 9.18 Å². The Morgan fingerprint density at radius 1 is 1.02 bits per heavy atom. The molecule has 0 saturated carbocycles. The fourth-order valence-electron chi connectivity index (χ4n) is 5.58. The van der Waals surface area contributed by atoms with E-state index < -0.39 is 11.8 Å². The number of hydrogen-bond donors (Lipinski definition) is 0. The monoisotopic (exact) mass is 652 g/mol. The van der Waals surface area contributed by atoms with Crippen LogP contribution in [0.5, 0.6) is 11.5 Å². The van der Waals surface area contributed by atoms with Gasteiger partial charge in [-0.2, -0.15) is 4.39 Å². The van der Waals surface area contributed by atoms with E-state index in [1.165, 1.54) is 17.3 Å². The topological polar surface area (TPSA) is 51.2 Å². The van der Waals surface area contributed by atoms with Crippen LogP contribution < -0.4 is 14.4 Å². The Morgan fingerprint density at radius 3 is 2.31 bits per heavy atom. The molecule has 45 heavy (non-hydrogen) atoms. The summed E-state index contributed by atoms with van der Waals surface area (Å²) in [5, 5.41) is 0. The highest BCUT2D eigenvalue weighted by Crippen LogP contribution is 2.50. The van der Waals surface area contributed by atoms with Crippen LogP contribution in [-0.4, -0.2) is 42.3 Å². The fraction of sp³-hybridized carbons (Fsp3) is 0.417. The number of esters is 1. The van der Waals surface area contributed by atoms with Gasteiger partial charge in [0.1, 0.15) is 17.8 Å². The highest BCUT2D eigenvalue weighted by Gasteiger charge is 2.42. The first-order valence-electron chi connectivity index (χ1n) is 15.7. The number of ether oxygens (including phenoxy) is 3. The van der Waals surface area contributed by atoms with Crippen LogP contribution in [0.1, 0.15) is 64.9 Å². The minimum Gasteiger partial charge on any atom is -0.497 e. The molecule has 0 spiro atoms. The molecule has 0 aromatic heterocycles. The van der Waals surface area contributed by atoms with Gasteiger partial charge in [0.05, 0.1) is 29.2 Å². The number of halogens is 1. The Kier molecular flexibility index (Phi) is 13.1. The molecule has 242 valence electrons. The van der Waals surface area contributed by atoms with Crippen molar-refractivity contribution in [3.05, 3.63) is 84.4 Å². The van der Waals surface area contributed by atoms with Gasteiger partial charge in [-0.25, -0.2) is 9.10 Å². The molecule has 6 nitrogen and oxygen atoms in total. The number of unbranched alkanes of at least 4 members (excludes halogenated alkanes) is 2. The largest absolute Gasteiger partial charge is 0.497 e. The summed E-state index contributed by atoms with van der Waals surface area (Å²) in [5.41, 5.74) is 3.26. The molecule has 0 aliphatic carbocycles. The smallest absolute Gasteiger partial charge is 0.370 e. The number of carbonyl (C=O) groups excluding carboxylic acids is 1. The summed E-state index contributed by atoms with van der Waals surface area (Å²) in [6.45, 7) is 7.79. The van der Waals surface area contributed by atoms with Crippen molar-refractivity contribution in [2.24, 2.45) is 0 Å². The average Bonchev–Trinajstić information content (AvgIpc) is 3.19. The summed E-state index contributed by atoms with van der Waals surface area (Å²) in [5.74, 6) is -0.789. The number of nitrogens with zero attached hydrogens (tertiary/aromatic N) is 2. The first-order valence-corrected chi connectivity index (χ1v) is 17.7. The molecule has 4 rings (SSSR count). The zero-order valence-corrected chi connectivity index (χ0v) is 28.6. The lowest BCUT2D eigenvalue weighted by atomic mass is 9.85. The van der Waals surface area contributed by atoms with E-state index in [0.29, 0.717) is 5.75 Å². The number of rotatable bonds is 15. The third kappa shape index (κ3) is 8.77. The van der Waals surface area contributed by atoms with Crippen molar-refractivity contribution in [1.29, 1.82) is 0 Å². The highest BCUT2D eigenvalue weighted by molar-refractivity contribution is 7.98. The van der Waals surface area contributed by atoms with E-state index in [4.69, 9.17) is 14.2 Å². The fourth-order valence-corrected chi connectivity index (χ4v) is 7.43. The van der Waals surface area contributed by atoms with E-state index in [1.54, 1.807) is 26.0 Å². The second-order valence-corrected chi connectivity index (χ2v) is 13.0. The van der Waals surface area contributed by atoms with Gasteiger partial charge in [-0.1, -0.05) is 69.9 Å². The van der Waals surface area contributed by atoms with Crippen molar-refractivity contribution in [2.45, 2.75) is 81.2 Å². The van der Waals surface area contributed by atoms with Gasteiger partial charge in [-0.3, -0.25) is 0 Å². The molecule has 9 heteroatoms. The van der Waals surface area contributed by atoms with Crippen LogP contribution in [0.25, 0.3) is 0 Å². The van der Waals surface area contributed by atoms with Gasteiger partial charge in [0.15, 0.2) is 0 Å². The van der Waals surface area contributed by atoms with Crippen molar-refractivity contribution in [3.8, 4) is 11.5 Å². The first-order chi connectivity index (χ1) is 21.9. The van der Waals surface area contributed by atoms with Crippen molar-refractivity contribution >= 4 is 41.1 Å². The molecule has 0 N–H and O–H groups in total. The Hall–Kier alpha value is -3.14. The minimum atomic E-state index is -1.07. The first kappa shape index (κ1) is 34.7. The van der Waals surface area contributed by atoms with Gasteiger partial charge in [0.2, 0.25) is 5.83 Å². The summed E-state index contributed by atoms with van der Waals surface area (Å²) >= 11 is 3.26. The van der Waals surface area contributed by atoms with Gasteiger partial charge in [0.25, 0.3) is 0 Å². The van der Waals surface area contributed by atoms with Gasteiger partial charge in [-0.15, -0.1) is 11.8 Å². The number of benzene rings is 3. The van der Waals surface area contributed by atoms with Crippen LogP contribution in [-0.2, 0) is 16.1 Å². The lowest BCUT2D eigenvalue weighted by Gasteiger charge is -2.44. The highest BCUT2D eigenvalue weighted by atomic mass is 32.2. The molecule has 3 aromatic rings. The Bertz CT molecular complexity index is 1410. The predicted molar refractivity (Wildman–Crippen MR) is 184 cm³/mol. The third-order valence-corrected chi connectivity index (χ3v) is 10.0. The van der Waals surface area contributed by atoms with Gasteiger partial charge < -0.3 is 19.1 Å². The zero-order valence-electron chi connectivity index (χ0n) is 27.0. The maximum atomic E-state index is 14.5. The summed E-state index contributed by atoms with van der Waals surface area (Å²) in [4.78, 5) is 16.2. The van der Waals surface area contributed by atoms with E-state index in [1.807, 2.05) is 30.5 Å². The molecule has 3 aromatic carbocycles. The molecule has 1 heterocycles. The zero-order chi connectivity index (χ0) is 32.2. The number of methoxy groups -OCH3 is 1. The van der Waals surface area contributed by atoms with Crippen LogP contribution >= 0.6 is 23.7 Å². The maximum absolute atomic E-state index is 14.5. The van der Waals surface area contributed by atoms with Gasteiger partial charge in [0, 0.05) is 24.3 Å². The van der Waals surface area contributed by atoms with Crippen molar-refractivity contribution in [2.75, 3.05) is 31.4 Å². The van der Waals surface area contributed by atoms with E-state index >= 15 is 0 Å². The SMILES string of the molecule is CCCCC1(CCCC)CN(c2ccccc2)c2cc(SC)c(O/C=C(\F)C(=O)OCC)cc2SN1Cc1ccc(OC)cc1. The van der Waals surface area contributed by atoms with E-state index in [2.05, 4.69) is 65.5 Å². The van der Waals surface area contributed by atoms with Crippen LogP contribution in [0.15, 0.2) is 88.6 Å². The molecular weight excluding hydrogens is 608 g/mol. The summed E-state index contributed by atoms with van der Waals surface area (Å²) in [6, 6.07) is 23.0. The number of thioether (sulfide) groups is 1. The Morgan fingerprint density at radius 2 is 1.71 bits per heavy atom. The average molecular weight is 653 g/mol. The number of carbonyl (C=O) groups is 1. The minimum absolute atomic E-state index is 0.0861. The molecule has 0 amide bonds. The van der Waals surface area contributed by atoms with E-state index in [-0.39, 0.29) is 12.1 Å². The van der Waals surface area contributed by atoms with Crippen LogP contribution in [0.3, 0.4) is 0 Å². The molecule has 1 aliphatic heterocycles. The lowest BCUT2D eigenvalue weighted by molar-refractivity contribution is -0.140. The third-order valence-electron chi connectivity index (χ3n) is 8.03. The summed E-state index contributed by atoms with van der Waals surface area (Å²) in [6.07, 6.45) is 9.37. The van der Waals surface area contributed by atoms with Gasteiger partial charge >= 0.3 is 5.97 Å². The molecular formula is C36H45FN2O4S2. The van der Waals surface area contributed by atoms with Crippen LogP contribution in [0, 0.1) is 0 Å². The van der Waals surface area contributed by atoms with Crippen LogP contribution in [0.4, 0.5) is 15.8 Å². The van der Waals surface area contributed by atoms with Crippen molar-refractivity contribution in [3.63, 3.8) is 0 Å². The number of anilines is 2. The summed E-state index contributed by atoms with van der Waals surface area (Å²) in [7, 11) is 1.69. The number of para-hydroxylation sites is 1. The van der Waals surface area contributed by atoms with Crippen LogP contribution in [0.2, 0.25) is 0 Å². The molecule has 0 saturated heterocycles. The van der Waals surface area contributed by atoms with Gasteiger partial charge in [-0.05, 0) is 79.9 Å². The maximum Gasteiger partial charge on any atom is 0.370 e. The molecule has 0 atom stereocenters. The van der Waals surface area contributed by atoms with Crippen molar-refractivity contribution < 1.29 is 23.4 Å². The Balaban J connectivity index is 1.87. The molecule has 0 bridgehead atoms. The quantitative estimate of drug-likeness (QED) is 0.0529. The second kappa shape index (κ2) is 17.0. The molecule has 0 fully saturated rings. The molecule has 0 unspecified atom stereocenters. The van der Waals surface area contributed by atoms with Crippen molar-refractivity contribution in [1.82, 2.24) is 4.31 Å². The predicted octanol–water partition coefficient (Wildman–Crippen LogP) is 9.95. The number of hydrogen-bond acceptors (Lipinski definition) is 8. The lowest BCUT2D eigenvalue weighted by Crippen LogP contribution is -2.51. The normalized spacial score (nSPS) is 14.9. The number of fused-ring (bicyclic) bond motifs is 1. The summed E-state index contributed by atoms with van der Waals surface area (Å²) < 4.78 is 33.2. The van der Waals surface area contributed by atoms with E-state index in [0.717, 1.165) is 84.8 Å². The standard InChI is InChI=1S/C36H45FN2O4S2/c1-6-9-20-36(21-10-7-2)26-38(28-14-12-11-13-15-28)31-22-34(44-5)32(43-25-30(37)35(40)42-8-3)23-33(31)45-39(36)24-27-16-18-29(41-4)19-17-27/h11-19,22-23,25H,6-10,20-21,24,26H2,1-5H3/b30-25-. The molecule has 1 aliphatic rings.